The SMILES string of the molecule is O=C1O[C@@H](Cn2ccnn2)CN1c1ccc(-n2cc(-c3ccccn3)cn2)c(F)c1. The Morgan fingerprint density at radius 2 is 2.13 bits per heavy atom. The number of benzene rings is 1. The van der Waals surface area contributed by atoms with E-state index >= 15 is 0 Å². The first-order valence-electron chi connectivity index (χ1n) is 9.25. The van der Waals surface area contributed by atoms with Gasteiger partial charge < -0.3 is 4.74 Å². The zero-order valence-corrected chi connectivity index (χ0v) is 15.7. The summed E-state index contributed by atoms with van der Waals surface area (Å²) in [6, 6.07) is 10.1. The van der Waals surface area contributed by atoms with Crippen molar-refractivity contribution in [1.29, 1.82) is 0 Å². The Kier molecular flexibility index (Phi) is 4.43. The molecule has 150 valence electrons. The van der Waals surface area contributed by atoms with Gasteiger partial charge in [0, 0.05) is 24.2 Å². The van der Waals surface area contributed by atoms with Gasteiger partial charge in [-0.05, 0) is 30.3 Å². The number of ether oxygens (including phenoxy) is 1. The van der Waals surface area contributed by atoms with Crippen molar-refractivity contribution < 1.29 is 13.9 Å². The molecule has 5 rings (SSSR count). The van der Waals surface area contributed by atoms with Crippen LogP contribution in [0.4, 0.5) is 14.9 Å². The van der Waals surface area contributed by atoms with Crippen LogP contribution in [-0.4, -0.2) is 48.5 Å². The minimum absolute atomic E-state index is 0.271. The smallest absolute Gasteiger partial charge is 0.414 e. The fraction of sp³-hybridized carbons (Fsp3) is 0.150. The van der Waals surface area contributed by atoms with Crippen LogP contribution in [0.5, 0.6) is 0 Å². The molecule has 10 heteroatoms. The van der Waals surface area contributed by atoms with E-state index < -0.39 is 18.0 Å². The molecule has 0 radical (unpaired) electrons. The number of pyridine rings is 1. The predicted molar refractivity (Wildman–Crippen MR) is 104 cm³/mol. The van der Waals surface area contributed by atoms with Crippen LogP contribution in [0, 0.1) is 5.82 Å². The first kappa shape index (κ1) is 18.0. The molecule has 4 aromatic rings. The maximum absolute atomic E-state index is 14.9. The van der Waals surface area contributed by atoms with E-state index in [0.717, 1.165) is 11.3 Å². The van der Waals surface area contributed by atoms with Gasteiger partial charge in [-0.25, -0.2) is 18.5 Å². The third-order valence-corrected chi connectivity index (χ3v) is 4.77. The molecular weight excluding hydrogens is 389 g/mol. The molecule has 1 aromatic carbocycles. The van der Waals surface area contributed by atoms with Crippen molar-refractivity contribution in [3.05, 3.63) is 73.2 Å². The maximum Gasteiger partial charge on any atom is 0.414 e. The number of halogens is 1. The molecule has 4 heterocycles. The number of aromatic nitrogens is 6. The molecule has 0 unspecified atom stereocenters. The quantitative estimate of drug-likeness (QED) is 0.507. The summed E-state index contributed by atoms with van der Waals surface area (Å²) >= 11 is 0. The summed E-state index contributed by atoms with van der Waals surface area (Å²) in [5.41, 5.74) is 2.21. The maximum atomic E-state index is 14.9. The monoisotopic (exact) mass is 405 g/mol. The lowest BCUT2D eigenvalue weighted by Crippen LogP contribution is -2.26. The molecule has 30 heavy (non-hydrogen) atoms. The molecular formula is C20H16FN7O2. The van der Waals surface area contributed by atoms with Gasteiger partial charge in [-0.2, -0.15) is 5.10 Å². The van der Waals surface area contributed by atoms with Crippen LogP contribution >= 0.6 is 0 Å². The van der Waals surface area contributed by atoms with Crippen LogP contribution in [0.25, 0.3) is 16.9 Å². The molecule has 0 saturated carbocycles. The van der Waals surface area contributed by atoms with Crippen LogP contribution in [0.1, 0.15) is 0 Å². The second kappa shape index (κ2) is 7.39. The molecule has 3 aromatic heterocycles. The average molecular weight is 405 g/mol. The molecule has 0 spiro atoms. The number of cyclic esters (lactones) is 1. The van der Waals surface area contributed by atoms with E-state index in [1.54, 1.807) is 47.8 Å². The number of anilines is 1. The van der Waals surface area contributed by atoms with Crippen LogP contribution < -0.4 is 4.90 Å². The summed E-state index contributed by atoms with van der Waals surface area (Å²) in [5.74, 6) is -0.504. The highest BCUT2D eigenvalue weighted by Crippen LogP contribution is 2.26. The van der Waals surface area contributed by atoms with E-state index in [2.05, 4.69) is 20.4 Å². The molecule has 0 aliphatic carbocycles. The lowest BCUT2D eigenvalue weighted by molar-refractivity contribution is 0.129. The minimum atomic E-state index is -0.524. The van der Waals surface area contributed by atoms with Crippen molar-refractivity contribution in [2.75, 3.05) is 11.4 Å². The Morgan fingerprint density at radius 3 is 2.90 bits per heavy atom. The number of nitrogens with zero attached hydrogens (tertiary/aromatic N) is 7. The predicted octanol–water partition coefficient (Wildman–Crippen LogP) is 2.69. The van der Waals surface area contributed by atoms with Gasteiger partial charge in [0.15, 0.2) is 5.82 Å². The van der Waals surface area contributed by atoms with E-state index in [1.165, 1.54) is 15.6 Å². The van der Waals surface area contributed by atoms with Crippen molar-refractivity contribution in [1.82, 2.24) is 29.8 Å². The van der Waals surface area contributed by atoms with Crippen molar-refractivity contribution in [2.45, 2.75) is 12.6 Å². The van der Waals surface area contributed by atoms with E-state index in [4.69, 9.17) is 4.74 Å². The standard InChI is InChI=1S/C20H16FN7O2/c21-17-9-15(27-13-16(30-20(27)29)12-26-8-7-23-25-26)4-5-19(17)28-11-14(10-24-28)18-3-1-2-6-22-18/h1-11,16H,12-13H2/t16-/m0/s1. The van der Waals surface area contributed by atoms with Crippen LogP contribution in [0.15, 0.2) is 67.4 Å². The number of amides is 1. The highest BCUT2D eigenvalue weighted by Gasteiger charge is 2.33. The number of carbonyl (C=O) groups excluding carboxylic acids is 1. The van der Waals surface area contributed by atoms with Crippen molar-refractivity contribution in [2.24, 2.45) is 0 Å². The Balaban J connectivity index is 1.35. The third kappa shape index (κ3) is 3.39. The third-order valence-electron chi connectivity index (χ3n) is 4.77. The highest BCUT2D eigenvalue weighted by molar-refractivity contribution is 5.89. The molecule has 9 nitrogen and oxygen atoms in total. The van der Waals surface area contributed by atoms with E-state index in [0.29, 0.717) is 18.8 Å². The minimum Gasteiger partial charge on any atom is -0.442 e. The second-order valence-corrected chi connectivity index (χ2v) is 6.77. The Labute approximate surface area is 170 Å². The molecule has 1 aliphatic heterocycles. The summed E-state index contributed by atoms with van der Waals surface area (Å²) in [4.78, 5) is 17.9. The van der Waals surface area contributed by atoms with Gasteiger partial charge in [-0.1, -0.05) is 11.3 Å². The molecule has 0 bridgehead atoms. The van der Waals surface area contributed by atoms with E-state index in [1.807, 2.05) is 18.2 Å². The first-order valence-corrected chi connectivity index (χ1v) is 9.25. The van der Waals surface area contributed by atoms with Crippen LogP contribution in [0.2, 0.25) is 0 Å². The molecule has 1 saturated heterocycles. The largest absolute Gasteiger partial charge is 0.442 e. The second-order valence-electron chi connectivity index (χ2n) is 6.77. The van der Waals surface area contributed by atoms with Gasteiger partial charge >= 0.3 is 6.09 Å². The Morgan fingerprint density at radius 1 is 1.20 bits per heavy atom. The highest BCUT2D eigenvalue weighted by atomic mass is 19.1. The number of hydrogen-bond acceptors (Lipinski definition) is 6. The zero-order chi connectivity index (χ0) is 20.5. The van der Waals surface area contributed by atoms with Gasteiger partial charge in [0.1, 0.15) is 11.8 Å². The summed E-state index contributed by atoms with van der Waals surface area (Å²) in [5, 5.41) is 11.8. The topological polar surface area (TPSA) is 91.0 Å². The summed E-state index contributed by atoms with van der Waals surface area (Å²) in [6.07, 6.45) is 7.34. The fourth-order valence-electron chi connectivity index (χ4n) is 3.34. The van der Waals surface area contributed by atoms with Crippen molar-refractivity contribution in [3.8, 4) is 16.9 Å². The van der Waals surface area contributed by atoms with E-state index in [9.17, 15) is 9.18 Å². The lowest BCUT2D eigenvalue weighted by atomic mass is 10.2. The van der Waals surface area contributed by atoms with Gasteiger partial charge in [-0.15, -0.1) is 5.10 Å². The lowest BCUT2D eigenvalue weighted by Gasteiger charge is -2.14. The average Bonchev–Trinajstić information content (AvgIpc) is 3.50. The van der Waals surface area contributed by atoms with Gasteiger partial charge in [0.05, 0.1) is 36.9 Å². The zero-order valence-electron chi connectivity index (χ0n) is 15.7. The summed E-state index contributed by atoms with van der Waals surface area (Å²) in [6.45, 7) is 0.676. The molecule has 0 N–H and O–H groups in total. The molecule has 1 atom stereocenters. The van der Waals surface area contributed by atoms with Crippen LogP contribution in [-0.2, 0) is 11.3 Å². The molecule has 1 aliphatic rings. The number of carbonyl (C=O) groups is 1. The number of hydrogen-bond donors (Lipinski definition) is 0. The van der Waals surface area contributed by atoms with Crippen molar-refractivity contribution >= 4 is 11.8 Å². The summed E-state index contributed by atoms with van der Waals surface area (Å²) in [7, 11) is 0. The van der Waals surface area contributed by atoms with Crippen LogP contribution in [0.3, 0.4) is 0 Å². The normalized spacial score (nSPS) is 16.1. The van der Waals surface area contributed by atoms with Gasteiger partial charge in [-0.3, -0.25) is 9.88 Å². The molecule has 1 amide bonds. The first-order chi connectivity index (χ1) is 14.7. The van der Waals surface area contributed by atoms with E-state index in [-0.39, 0.29) is 5.69 Å². The molecule has 1 fully saturated rings. The summed E-state index contributed by atoms with van der Waals surface area (Å²) < 4.78 is 23.2. The van der Waals surface area contributed by atoms with Gasteiger partial charge in [0.25, 0.3) is 0 Å². The Hall–Kier alpha value is -4.08. The van der Waals surface area contributed by atoms with Crippen molar-refractivity contribution in [3.63, 3.8) is 0 Å². The fourth-order valence-corrected chi connectivity index (χ4v) is 3.34. The Bertz CT molecular complexity index is 1180. The van der Waals surface area contributed by atoms with Gasteiger partial charge in [0.2, 0.25) is 0 Å². The number of rotatable bonds is 5.